The molecule has 0 fully saturated rings. The van der Waals surface area contributed by atoms with Gasteiger partial charge in [0.05, 0.1) is 34.1 Å². The first-order valence-electron chi connectivity index (χ1n) is 6.43. The molecule has 0 aliphatic carbocycles. The minimum Gasteiger partial charge on any atom is -0.452 e. The number of aromatic nitrogens is 2. The molecule has 0 spiro atoms. The lowest BCUT2D eigenvalue weighted by Gasteiger charge is -2.21. The van der Waals surface area contributed by atoms with Crippen molar-refractivity contribution in [2.45, 2.75) is 6.92 Å². The Morgan fingerprint density at radius 3 is 2.65 bits per heavy atom. The Labute approximate surface area is 147 Å². The molecule has 0 radical (unpaired) electrons. The van der Waals surface area contributed by atoms with Crippen LogP contribution in [0.25, 0.3) is 5.69 Å². The predicted molar refractivity (Wildman–Crippen MR) is 88.7 cm³/mol. The van der Waals surface area contributed by atoms with Crippen LogP contribution < -0.4 is 4.90 Å². The van der Waals surface area contributed by atoms with E-state index in [1.54, 1.807) is 19.1 Å². The standard InChI is InChI=1S/C14H11Cl3N4O2/c1-3-20(14(22)23-2)13-8(6-18)7-19-21(13)10-5-4-9(15)11(16)12(10)17/h4-5,7H,3H2,1-2H3. The molecule has 0 N–H and O–H groups in total. The zero-order valence-corrected chi connectivity index (χ0v) is 14.4. The third-order valence-corrected chi connectivity index (χ3v) is 4.36. The van der Waals surface area contributed by atoms with Gasteiger partial charge >= 0.3 is 6.09 Å². The number of methoxy groups -OCH3 is 1. The Morgan fingerprint density at radius 2 is 2.09 bits per heavy atom. The molecule has 2 rings (SSSR count). The maximum atomic E-state index is 12.0. The summed E-state index contributed by atoms with van der Waals surface area (Å²) in [4.78, 5) is 13.2. The van der Waals surface area contributed by atoms with Gasteiger partial charge in [-0.3, -0.25) is 4.90 Å². The van der Waals surface area contributed by atoms with Gasteiger partial charge in [0, 0.05) is 6.54 Å². The monoisotopic (exact) mass is 372 g/mol. The van der Waals surface area contributed by atoms with E-state index >= 15 is 0 Å². The molecule has 1 aromatic heterocycles. The second-order valence-electron chi connectivity index (χ2n) is 4.31. The van der Waals surface area contributed by atoms with Crippen molar-refractivity contribution in [3.8, 4) is 11.8 Å². The molecule has 9 heteroatoms. The van der Waals surface area contributed by atoms with Crippen molar-refractivity contribution in [3.63, 3.8) is 0 Å². The molecule has 6 nitrogen and oxygen atoms in total. The first kappa shape index (κ1) is 17.4. The SMILES string of the molecule is CCN(C(=O)OC)c1c(C#N)cnn1-c1ccc(Cl)c(Cl)c1Cl. The lowest BCUT2D eigenvalue weighted by atomic mass is 10.3. The molecule has 0 aliphatic heterocycles. The highest BCUT2D eigenvalue weighted by Gasteiger charge is 2.25. The number of amides is 1. The van der Waals surface area contributed by atoms with Crippen LogP contribution in [0.4, 0.5) is 10.6 Å². The molecule has 0 saturated heterocycles. The highest BCUT2D eigenvalue weighted by atomic mass is 35.5. The number of hydrogen-bond acceptors (Lipinski definition) is 4. The smallest absolute Gasteiger partial charge is 0.415 e. The van der Waals surface area contributed by atoms with Gasteiger partial charge in [0.25, 0.3) is 0 Å². The molecular weight excluding hydrogens is 363 g/mol. The van der Waals surface area contributed by atoms with E-state index in [9.17, 15) is 10.1 Å². The van der Waals surface area contributed by atoms with Gasteiger partial charge in [0.15, 0.2) is 5.82 Å². The Bertz CT molecular complexity index is 798. The Morgan fingerprint density at radius 1 is 1.39 bits per heavy atom. The summed E-state index contributed by atoms with van der Waals surface area (Å²) in [6, 6.07) is 5.14. The van der Waals surface area contributed by atoms with Gasteiger partial charge in [-0.25, -0.2) is 9.48 Å². The van der Waals surface area contributed by atoms with E-state index < -0.39 is 6.09 Å². The number of anilines is 1. The highest BCUT2D eigenvalue weighted by Crippen LogP contribution is 2.36. The molecule has 2 aromatic rings. The molecule has 0 atom stereocenters. The molecule has 120 valence electrons. The maximum Gasteiger partial charge on any atom is 0.415 e. The van der Waals surface area contributed by atoms with Crippen molar-refractivity contribution < 1.29 is 9.53 Å². The van der Waals surface area contributed by atoms with Crippen LogP contribution >= 0.6 is 34.8 Å². The zero-order valence-electron chi connectivity index (χ0n) is 12.2. The van der Waals surface area contributed by atoms with Crippen LogP contribution in [-0.4, -0.2) is 29.5 Å². The molecule has 0 bridgehead atoms. The van der Waals surface area contributed by atoms with Crippen LogP contribution in [0.3, 0.4) is 0 Å². The van der Waals surface area contributed by atoms with Crippen LogP contribution in [0.1, 0.15) is 12.5 Å². The summed E-state index contributed by atoms with van der Waals surface area (Å²) < 4.78 is 6.10. The fraction of sp³-hybridized carbons (Fsp3) is 0.214. The van der Waals surface area contributed by atoms with Crippen LogP contribution in [-0.2, 0) is 4.74 Å². The number of carbonyl (C=O) groups excluding carboxylic acids is 1. The van der Waals surface area contributed by atoms with E-state index in [0.717, 1.165) is 0 Å². The maximum absolute atomic E-state index is 12.0. The van der Waals surface area contributed by atoms with Gasteiger partial charge in [-0.05, 0) is 19.1 Å². The number of nitrogens with zero attached hydrogens (tertiary/aromatic N) is 4. The van der Waals surface area contributed by atoms with Crippen LogP contribution in [0.5, 0.6) is 0 Å². The molecular formula is C14H11Cl3N4O2. The predicted octanol–water partition coefficient (Wildman–Crippen LogP) is 4.30. The largest absolute Gasteiger partial charge is 0.452 e. The molecule has 0 unspecified atom stereocenters. The number of benzene rings is 1. The van der Waals surface area contributed by atoms with Crippen LogP contribution in [0.15, 0.2) is 18.3 Å². The third kappa shape index (κ3) is 3.08. The van der Waals surface area contributed by atoms with Gasteiger partial charge in [0.1, 0.15) is 11.6 Å². The van der Waals surface area contributed by atoms with E-state index in [0.29, 0.717) is 5.69 Å². The molecule has 0 aliphatic rings. The summed E-state index contributed by atoms with van der Waals surface area (Å²) in [6.45, 7) is 2.01. The van der Waals surface area contributed by atoms with E-state index in [1.807, 2.05) is 6.07 Å². The van der Waals surface area contributed by atoms with Gasteiger partial charge in [-0.1, -0.05) is 34.8 Å². The number of ether oxygens (including phenoxy) is 1. The lowest BCUT2D eigenvalue weighted by molar-refractivity contribution is 0.178. The average molecular weight is 374 g/mol. The number of nitriles is 1. The minimum absolute atomic E-state index is 0.159. The summed E-state index contributed by atoms with van der Waals surface area (Å²) in [5, 5.41) is 14.0. The van der Waals surface area contributed by atoms with Gasteiger partial charge in [-0.15, -0.1) is 0 Å². The third-order valence-electron chi connectivity index (χ3n) is 3.07. The van der Waals surface area contributed by atoms with Crippen molar-refractivity contribution in [2.24, 2.45) is 0 Å². The Balaban J connectivity index is 2.71. The quantitative estimate of drug-likeness (QED) is 0.752. The Kier molecular flexibility index (Phi) is 5.37. The average Bonchev–Trinajstić information content (AvgIpc) is 2.97. The number of halogens is 3. The first-order chi connectivity index (χ1) is 11.0. The molecule has 23 heavy (non-hydrogen) atoms. The normalized spacial score (nSPS) is 10.3. The topological polar surface area (TPSA) is 71.2 Å². The fourth-order valence-corrected chi connectivity index (χ4v) is 2.62. The van der Waals surface area contributed by atoms with Crippen molar-refractivity contribution >= 4 is 46.7 Å². The summed E-state index contributed by atoms with van der Waals surface area (Å²) in [6.07, 6.45) is 0.710. The van der Waals surface area contributed by atoms with E-state index in [1.165, 1.54) is 22.9 Å². The first-order valence-corrected chi connectivity index (χ1v) is 7.57. The highest BCUT2D eigenvalue weighted by molar-refractivity contribution is 6.48. The van der Waals surface area contributed by atoms with Crippen molar-refractivity contribution in [1.82, 2.24) is 9.78 Å². The molecule has 1 aromatic carbocycles. The van der Waals surface area contributed by atoms with Gasteiger partial charge in [-0.2, -0.15) is 10.4 Å². The van der Waals surface area contributed by atoms with Crippen LogP contribution in [0.2, 0.25) is 15.1 Å². The van der Waals surface area contributed by atoms with E-state index in [-0.39, 0.29) is 33.0 Å². The molecule has 1 heterocycles. The summed E-state index contributed by atoms with van der Waals surface area (Å²) >= 11 is 18.2. The van der Waals surface area contributed by atoms with Crippen LogP contribution in [0, 0.1) is 11.3 Å². The van der Waals surface area contributed by atoms with Gasteiger partial charge < -0.3 is 4.74 Å². The van der Waals surface area contributed by atoms with Crippen molar-refractivity contribution in [2.75, 3.05) is 18.6 Å². The number of rotatable bonds is 3. The summed E-state index contributed by atoms with van der Waals surface area (Å²) in [7, 11) is 1.25. The summed E-state index contributed by atoms with van der Waals surface area (Å²) in [5.41, 5.74) is 0.583. The second-order valence-corrected chi connectivity index (χ2v) is 5.48. The molecule has 1 amide bonds. The van der Waals surface area contributed by atoms with E-state index in [4.69, 9.17) is 39.5 Å². The second kappa shape index (κ2) is 7.09. The minimum atomic E-state index is -0.623. The zero-order chi connectivity index (χ0) is 17.1. The fourth-order valence-electron chi connectivity index (χ4n) is 2.01. The van der Waals surface area contributed by atoms with Crippen molar-refractivity contribution in [1.29, 1.82) is 5.26 Å². The molecule has 0 saturated carbocycles. The summed E-state index contributed by atoms with van der Waals surface area (Å²) in [5.74, 6) is 0.238. The number of carbonyl (C=O) groups is 1. The Hall–Kier alpha value is -1.94. The lowest BCUT2D eigenvalue weighted by Crippen LogP contribution is -2.32. The van der Waals surface area contributed by atoms with Gasteiger partial charge in [0.2, 0.25) is 0 Å². The number of hydrogen-bond donors (Lipinski definition) is 0. The van der Waals surface area contributed by atoms with Crippen molar-refractivity contribution in [3.05, 3.63) is 39.0 Å². The van der Waals surface area contributed by atoms with E-state index in [2.05, 4.69) is 5.10 Å².